The van der Waals surface area contributed by atoms with Crippen molar-refractivity contribution in [1.82, 2.24) is 9.55 Å². The van der Waals surface area contributed by atoms with Gasteiger partial charge in [0.2, 0.25) is 5.91 Å². The maximum atomic E-state index is 12.7. The summed E-state index contributed by atoms with van der Waals surface area (Å²) in [5.41, 5.74) is 3.43. The molecule has 7 heteroatoms. The predicted octanol–water partition coefficient (Wildman–Crippen LogP) is 3.86. The van der Waals surface area contributed by atoms with Crippen LogP contribution in [-0.2, 0) is 18.4 Å². The van der Waals surface area contributed by atoms with E-state index in [9.17, 15) is 9.59 Å². The van der Waals surface area contributed by atoms with E-state index in [0.29, 0.717) is 23.1 Å². The number of carbonyl (C=O) groups is 1. The van der Waals surface area contributed by atoms with Gasteiger partial charge in [-0.2, -0.15) is 4.98 Å². The smallest absolute Gasteiger partial charge is 0.279 e. The summed E-state index contributed by atoms with van der Waals surface area (Å²) >= 11 is 1.37. The summed E-state index contributed by atoms with van der Waals surface area (Å²) in [6.45, 7) is 2.54. The number of nitrogens with zero attached hydrogens (tertiary/aromatic N) is 2. The largest absolute Gasteiger partial charge is 0.489 e. The topological polar surface area (TPSA) is 73.2 Å². The number of carbonyl (C=O) groups excluding carboxylic acids is 1. The number of thioether (sulfide) groups is 1. The maximum Gasteiger partial charge on any atom is 0.279 e. The van der Waals surface area contributed by atoms with Crippen molar-refractivity contribution in [2.75, 3.05) is 11.6 Å². The van der Waals surface area contributed by atoms with Crippen molar-refractivity contribution in [2.45, 2.75) is 31.0 Å². The summed E-state index contributed by atoms with van der Waals surface area (Å²) in [6.07, 6.45) is 2.07. The molecule has 30 heavy (non-hydrogen) atoms. The standard InChI is InChI=1S/C23H23N3O3S/c1-14-5-4-6-15(11-14)13-29-17-9-7-16(8-10-17)18-12-19(27)24-21-20(18)22(28)25-23(30-3)26(21)2/h4-11,18H,12-13H2,1-3H3,(H,24,27). The summed E-state index contributed by atoms with van der Waals surface area (Å²) in [5.74, 6) is 0.826. The average molecular weight is 422 g/mol. The summed E-state index contributed by atoms with van der Waals surface area (Å²) < 4.78 is 7.66. The first-order valence-electron chi connectivity index (χ1n) is 9.69. The highest BCUT2D eigenvalue weighted by Gasteiger charge is 2.31. The molecule has 0 fully saturated rings. The number of rotatable bonds is 5. The Balaban J connectivity index is 1.60. The van der Waals surface area contributed by atoms with Gasteiger partial charge in [0.15, 0.2) is 5.16 Å². The van der Waals surface area contributed by atoms with Crippen LogP contribution in [0.5, 0.6) is 5.75 Å². The lowest BCUT2D eigenvalue weighted by atomic mass is 9.87. The number of amides is 1. The Bertz CT molecular complexity index is 1160. The number of nitrogens with one attached hydrogen (secondary N) is 1. The van der Waals surface area contributed by atoms with Crippen LogP contribution in [0.3, 0.4) is 0 Å². The Morgan fingerprint density at radius 1 is 1.20 bits per heavy atom. The van der Waals surface area contributed by atoms with Crippen LogP contribution in [0.4, 0.5) is 5.82 Å². The van der Waals surface area contributed by atoms with Gasteiger partial charge < -0.3 is 14.6 Å². The number of aromatic nitrogens is 2. The number of anilines is 1. The van der Waals surface area contributed by atoms with Crippen molar-refractivity contribution in [2.24, 2.45) is 7.05 Å². The van der Waals surface area contributed by atoms with Crippen LogP contribution in [0.25, 0.3) is 0 Å². The van der Waals surface area contributed by atoms with E-state index < -0.39 is 0 Å². The highest BCUT2D eigenvalue weighted by Crippen LogP contribution is 2.36. The number of hydrogen-bond acceptors (Lipinski definition) is 5. The van der Waals surface area contributed by atoms with Crippen LogP contribution in [0.1, 0.15) is 34.6 Å². The fraction of sp³-hybridized carbons (Fsp3) is 0.261. The van der Waals surface area contributed by atoms with E-state index in [-0.39, 0.29) is 23.8 Å². The molecule has 1 amide bonds. The third-order valence-corrected chi connectivity index (χ3v) is 5.98. The second-order valence-corrected chi connectivity index (χ2v) is 8.15. The van der Waals surface area contributed by atoms with E-state index in [4.69, 9.17) is 4.74 Å². The van der Waals surface area contributed by atoms with Crippen LogP contribution in [0, 0.1) is 6.92 Å². The Morgan fingerprint density at radius 2 is 1.97 bits per heavy atom. The van der Waals surface area contributed by atoms with Gasteiger partial charge >= 0.3 is 0 Å². The molecular weight excluding hydrogens is 398 g/mol. The van der Waals surface area contributed by atoms with Gasteiger partial charge in [-0.15, -0.1) is 0 Å². The normalized spacial score (nSPS) is 15.4. The van der Waals surface area contributed by atoms with E-state index in [0.717, 1.165) is 16.9 Å². The number of ether oxygens (including phenoxy) is 1. The predicted molar refractivity (Wildman–Crippen MR) is 118 cm³/mol. The zero-order chi connectivity index (χ0) is 21.3. The molecule has 1 aromatic heterocycles. The molecule has 154 valence electrons. The van der Waals surface area contributed by atoms with Crippen molar-refractivity contribution in [3.63, 3.8) is 0 Å². The van der Waals surface area contributed by atoms with Gasteiger partial charge in [-0.05, 0) is 36.4 Å². The molecule has 0 aliphatic carbocycles. The lowest BCUT2D eigenvalue weighted by molar-refractivity contribution is -0.116. The van der Waals surface area contributed by atoms with Crippen LogP contribution in [0.2, 0.25) is 0 Å². The van der Waals surface area contributed by atoms with Gasteiger partial charge in [0, 0.05) is 19.4 Å². The highest BCUT2D eigenvalue weighted by molar-refractivity contribution is 7.98. The van der Waals surface area contributed by atoms with Gasteiger partial charge in [0.1, 0.15) is 18.2 Å². The Labute approximate surface area is 179 Å². The zero-order valence-corrected chi connectivity index (χ0v) is 18.0. The van der Waals surface area contributed by atoms with Gasteiger partial charge in [-0.25, -0.2) is 0 Å². The summed E-state index contributed by atoms with van der Waals surface area (Å²) in [4.78, 5) is 29.3. The van der Waals surface area contributed by atoms with Crippen LogP contribution < -0.4 is 15.6 Å². The number of benzene rings is 2. The number of hydrogen-bond donors (Lipinski definition) is 1. The zero-order valence-electron chi connectivity index (χ0n) is 17.1. The molecule has 0 bridgehead atoms. The second-order valence-electron chi connectivity index (χ2n) is 7.38. The van der Waals surface area contributed by atoms with Crippen molar-refractivity contribution in [1.29, 1.82) is 0 Å². The van der Waals surface area contributed by atoms with Crippen molar-refractivity contribution in [3.05, 3.63) is 81.1 Å². The molecule has 2 heterocycles. The van der Waals surface area contributed by atoms with Crippen molar-refractivity contribution in [3.8, 4) is 5.75 Å². The monoisotopic (exact) mass is 421 g/mol. The van der Waals surface area contributed by atoms with Crippen molar-refractivity contribution >= 4 is 23.5 Å². The van der Waals surface area contributed by atoms with E-state index in [1.807, 2.05) is 49.7 Å². The summed E-state index contributed by atoms with van der Waals surface area (Å²) in [7, 11) is 1.81. The van der Waals surface area contributed by atoms with Gasteiger partial charge in [0.25, 0.3) is 5.56 Å². The fourth-order valence-corrected chi connectivity index (χ4v) is 4.31. The van der Waals surface area contributed by atoms with Gasteiger partial charge in [0.05, 0.1) is 5.56 Å². The Morgan fingerprint density at radius 3 is 2.67 bits per heavy atom. The molecule has 2 aromatic carbocycles. The third-order valence-electron chi connectivity index (χ3n) is 5.25. The lowest BCUT2D eigenvalue weighted by Crippen LogP contribution is -2.33. The third kappa shape index (κ3) is 3.98. The van der Waals surface area contributed by atoms with E-state index in [1.54, 1.807) is 4.57 Å². The molecule has 0 spiro atoms. The molecule has 1 N–H and O–H groups in total. The van der Waals surface area contributed by atoms with Crippen LogP contribution in [0.15, 0.2) is 58.5 Å². The minimum atomic E-state index is -0.332. The highest BCUT2D eigenvalue weighted by atomic mass is 32.2. The molecule has 0 saturated carbocycles. The van der Waals surface area contributed by atoms with Crippen LogP contribution in [-0.4, -0.2) is 21.7 Å². The van der Waals surface area contributed by atoms with E-state index >= 15 is 0 Å². The second kappa shape index (κ2) is 8.36. The first kappa shape index (κ1) is 20.2. The molecule has 1 unspecified atom stereocenters. The van der Waals surface area contributed by atoms with Crippen molar-refractivity contribution < 1.29 is 9.53 Å². The summed E-state index contributed by atoms with van der Waals surface area (Å²) in [6, 6.07) is 15.8. The Kier molecular flexibility index (Phi) is 5.63. The molecule has 1 aliphatic heterocycles. The Hall–Kier alpha value is -3.06. The molecule has 0 radical (unpaired) electrons. The van der Waals surface area contributed by atoms with E-state index in [1.165, 1.54) is 17.3 Å². The first-order valence-corrected chi connectivity index (χ1v) is 10.9. The molecule has 0 saturated heterocycles. The van der Waals surface area contributed by atoms with E-state index in [2.05, 4.69) is 29.4 Å². The average Bonchev–Trinajstić information content (AvgIpc) is 2.74. The minimum Gasteiger partial charge on any atom is -0.489 e. The van der Waals surface area contributed by atoms with Gasteiger partial charge in [-0.3, -0.25) is 9.59 Å². The molecule has 1 atom stereocenters. The lowest BCUT2D eigenvalue weighted by Gasteiger charge is -2.27. The maximum absolute atomic E-state index is 12.7. The fourth-order valence-electron chi connectivity index (χ4n) is 3.77. The molecule has 1 aliphatic rings. The minimum absolute atomic E-state index is 0.111. The van der Waals surface area contributed by atoms with Gasteiger partial charge in [-0.1, -0.05) is 53.7 Å². The molecule has 4 rings (SSSR count). The number of fused-ring (bicyclic) bond motifs is 1. The quantitative estimate of drug-likeness (QED) is 0.500. The molecular formula is C23H23N3O3S. The van der Waals surface area contributed by atoms with Crippen LogP contribution >= 0.6 is 11.8 Å². The molecule has 3 aromatic rings. The number of aryl methyl sites for hydroxylation is 1. The summed E-state index contributed by atoms with van der Waals surface area (Å²) in [5, 5.41) is 3.41. The first-order chi connectivity index (χ1) is 14.5. The molecule has 6 nitrogen and oxygen atoms in total. The SMILES string of the molecule is CSc1nc(=O)c2c(n1C)NC(=O)CC2c1ccc(OCc2cccc(C)c2)cc1.